The Morgan fingerprint density at radius 3 is 2.68 bits per heavy atom. The van der Waals surface area contributed by atoms with E-state index in [-0.39, 0.29) is 5.69 Å². The normalized spacial score (nSPS) is 10.9. The number of carbonyl (C=O) groups is 1. The molecule has 0 saturated heterocycles. The third-order valence-corrected chi connectivity index (χ3v) is 4.64. The van der Waals surface area contributed by atoms with Crippen molar-refractivity contribution in [2.45, 2.75) is 0 Å². The SMILES string of the molecule is COc1cc(OC)c(-c2csc3nc(C(=O)O)cn23)cc1Br. The molecule has 0 amide bonds. The molecule has 0 bridgehead atoms. The van der Waals surface area contributed by atoms with Gasteiger partial charge in [-0.2, -0.15) is 0 Å². The van der Waals surface area contributed by atoms with Crippen LogP contribution < -0.4 is 9.47 Å². The van der Waals surface area contributed by atoms with Gasteiger partial charge in [0.15, 0.2) is 10.7 Å². The standard InChI is InChI=1S/C14H11BrN2O4S/c1-20-11-4-12(21-2)8(15)3-7(11)10-6-22-14-16-9(13(18)19)5-17(10)14/h3-6H,1-2H3,(H,18,19). The van der Waals surface area contributed by atoms with Crippen molar-refractivity contribution in [3.8, 4) is 22.8 Å². The van der Waals surface area contributed by atoms with Crippen molar-refractivity contribution >= 4 is 38.2 Å². The minimum atomic E-state index is -1.05. The van der Waals surface area contributed by atoms with Gasteiger partial charge in [0.25, 0.3) is 0 Å². The number of hydrogen-bond donors (Lipinski definition) is 1. The number of carboxylic acid groups (broad SMARTS) is 1. The molecule has 2 aromatic heterocycles. The Morgan fingerprint density at radius 2 is 2.05 bits per heavy atom. The summed E-state index contributed by atoms with van der Waals surface area (Å²) < 4.78 is 13.2. The van der Waals surface area contributed by atoms with E-state index in [2.05, 4.69) is 20.9 Å². The van der Waals surface area contributed by atoms with Crippen molar-refractivity contribution in [2.75, 3.05) is 14.2 Å². The predicted octanol–water partition coefficient (Wildman–Crippen LogP) is 3.54. The molecule has 0 radical (unpaired) electrons. The van der Waals surface area contributed by atoms with E-state index in [9.17, 15) is 4.79 Å². The van der Waals surface area contributed by atoms with Crippen molar-refractivity contribution < 1.29 is 19.4 Å². The van der Waals surface area contributed by atoms with Crippen LogP contribution in [0.3, 0.4) is 0 Å². The highest BCUT2D eigenvalue weighted by molar-refractivity contribution is 9.10. The van der Waals surface area contributed by atoms with E-state index in [1.807, 2.05) is 11.4 Å². The summed E-state index contributed by atoms with van der Waals surface area (Å²) >= 11 is 4.82. The van der Waals surface area contributed by atoms with E-state index in [4.69, 9.17) is 14.6 Å². The number of aromatic carboxylic acids is 1. The van der Waals surface area contributed by atoms with Crippen LogP contribution in [0.25, 0.3) is 16.2 Å². The minimum absolute atomic E-state index is 0.0136. The van der Waals surface area contributed by atoms with Gasteiger partial charge in [-0.3, -0.25) is 4.40 Å². The van der Waals surface area contributed by atoms with Crippen LogP contribution in [0.15, 0.2) is 28.2 Å². The molecule has 0 atom stereocenters. The summed E-state index contributed by atoms with van der Waals surface area (Å²) in [5, 5.41) is 11.0. The fraction of sp³-hybridized carbons (Fsp3) is 0.143. The summed E-state index contributed by atoms with van der Waals surface area (Å²) in [6.45, 7) is 0. The third-order valence-electron chi connectivity index (χ3n) is 3.18. The number of rotatable bonds is 4. The second-order valence-corrected chi connectivity index (χ2v) is 6.08. The Kier molecular flexibility index (Phi) is 3.79. The number of nitrogens with zero attached hydrogens (tertiary/aromatic N) is 2. The maximum Gasteiger partial charge on any atom is 0.356 e. The zero-order valence-electron chi connectivity index (χ0n) is 11.7. The molecule has 0 aliphatic carbocycles. The van der Waals surface area contributed by atoms with Crippen LogP contribution in [0.2, 0.25) is 0 Å². The van der Waals surface area contributed by atoms with Gasteiger partial charge < -0.3 is 14.6 Å². The summed E-state index contributed by atoms with van der Waals surface area (Å²) in [6.07, 6.45) is 1.50. The Balaban J connectivity index is 2.22. The lowest BCUT2D eigenvalue weighted by Crippen LogP contribution is -1.96. The second kappa shape index (κ2) is 5.62. The quantitative estimate of drug-likeness (QED) is 0.746. The largest absolute Gasteiger partial charge is 0.496 e. The molecule has 6 nitrogen and oxygen atoms in total. The summed E-state index contributed by atoms with van der Waals surface area (Å²) in [7, 11) is 3.16. The summed E-state index contributed by atoms with van der Waals surface area (Å²) in [5.74, 6) is 0.235. The van der Waals surface area contributed by atoms with Crippen molar-refractivity contribution in [3.63, 3.8) is 0 Å². The Morgan fingerprint density at radius 1 is 1.32 bits per heavy atom. The van der Waals surface area contributed by atoms with E-state index >= 15 is 0 Å². The Bertz CT molecular complexity index is 871. The first-order chi connectivity index (χ1) is 10.5. The molecule has 22 heavy (non-hydrogen) atoms. The second-order valence-electron chi connectivity index (χ2n) is 4.39. The van der Waals surface area contributed by atoms with Gasteiger partial charge in [0.1, 0.15) is 11.5 Å². The van der Waals surface area contributed by atoms with Gasteiger partial charge in [-0.15, -0.1) is 11.3 Å². The summed E-state index contributed by atoms with van der Waals surface area (Å²) in [6, 6.07) is 3.65. The van der Waals surface area contributed by atoms with Crippen LogP contribution in [0.5, 0.6) is 11.5 Å². The van der Waals surface area contributed by atoms with Crippen LogP contribution in [-0.2, 0) is 0 Å². The number of thiazole rings is 1. The molecule has 0 aliphatic rings. The fourth-order valence-electron chi connectivity index (χ4n) is 2.14. The van der Waals surface area contributed by atoms with Gasteiger partial charge in [-0.1, -0.05) is 0 Å². The molecule has 3 aromatic rings. The van der Waals surface area contributed by atoms with Gasteiger partial charge in [0.2, 0.25) is 0 Å². The van der Waals surface area contributed by atoms with Gasteiger partial charge in [-0.25, -0.2) is 9.78 Å². The highest BCUT2D eigenvalue weighted by atomic mass is 79.9. The van der Waals surface area contributed by atoms with Crippen molar-refractivity contribution in [3.05, 3.63) is 33.9 Å². The number of carboxylic acids is 1. The average Bonchev–Trinajstić information content (AvgIpc) is 3.07. The number of ether oxygens (including phenoxy) is 2. The molecule has 114 valence electrons. The van der Waals surface area contributed by atoms with Crippen LogP contribution >= 0.6 is 27.3 Å². The monoisotopic (exact) mass is 382 g/mol. The number of methoxy groups -OCH3 is 2. The molecule has 8 heteroatoms. The maximum atomic E-state index is 11.1. The van der Waals surface area contributed by atoms with Crippen LogP contribution in [0.1, 0.15) is 10.5 Å². The first-order valence-electron chi connectivity index (χ1n) is 6.17. The molecule has 0 saturated carbocycles. The molecule has 3 rings (SSSR count). The number of halogens is 1. The number of benzene rings is 1. The minimum Gasteiger partial charge on any atom is -0.496 e. The molecule has 0 fully saturated rings. The lowest BCUT2D eigenvalue weighted by Gasteiger charge is -2.11. The number of fused-ring (bicyclic) bond motifs is 1. The zero-order chi connectivity index (χ0) is 15.9. The number of aromatic nitrogens is 2. The summed E-state index contributed by atoms with van der Waals surface area (Å²) in [5.41, 5.74) is 1.63. The van der Waals surface area contributed by atoms with E-state index in [0.717, 1.165) is 15.7 Å². The smallest absolute Gasteiger partial charge is 0.356 e. The highest BCUT2D eigenvalue weighted by Crippen LogP contribution is 2.39. The Hall–Kier alpha value is -2.06. The first kappa shape index (κ1) is 14.9. The van der Waals surface area contributed by atoms with Gasteiger partial charge in [0.05, 0.1) is 24.4 Å². The van der Waals surface area contributed by atoms with E-state index in [1.54, 1.807) is 24.7 Å². The molecule has 2 heterocycles. The first-order valence-corrected chi connectivity index (χ1v) is 7.84. The number of hydrogen-bond acceptors (Lipinski definition) is 5. The molecule has 1 N–H and O–H groups in total. The molecule has 0 unspecified atom stereocenters. The van der Waals surface area contributed by atoms with E-state index < -0.39 is 5.97 Å². The van der Waals surface area contributed by atoms with Crippen LogP contribution in [0.4, 0.5) is 0 Å². The van der Waals surface area contributed by atoms with Crippen molar-refractivity contribution in [1.82, 2.24) is 9.38 Å². The molecule has 0 aliphatic heterocycles. The highest BCUT2D eigenvalue weighted by Gasteiger charge is 2.18. The van der Waals surface area contributed by atoms with E-state index in [0.29, 0.717) is 16.5 Å². The van der Waals surface area contributed by atoms with Crippen molar-refractivity contribution in [1.29, 1.82) is 0 Å². The zero-order valence-corrected chi connectivity index (χ0v) is 14.1. The topological polar surface area (TPSA) is 73.1 Å². The Labute approximate surface area is 138 Å². The van der Waals surface area contributed by atoms with Gasteiger partial charge >= 0.3 is 5.97 Å². The number of imidazole rings is 1. The predicted molar refractivity (Wildman–Crippen MR) is 86.3 cm³/mol. The van der Waals surface area contributed by atoms with Gasteiger partial charge in [-0.05, 0) is 22.0 Å². The molecular formula is C14H11BrN2O4S. The van der Waals surface area contributed by atoms with Crippen LogP contribution in [-0.4, -0.2) is 34.7 Å². The van der Waals surface area contributed by atoms with E-state index in [1.165, 1.54) is 17.5 Å². The van der Waals surface area contributed by atoms with Crippen LogP contribution in [0, 0.1) is 0 Å². The molecular weight excluding hydrogens is 372 g/mol. The lowest BCUT2D eigenvalue weighted by molar-refractivity contribution is 0.0691. The van der Waals surface area contributed by atoms with Crippen molar-refractivity contribution in [2.24, 2.45) is 0 Å². The molecule has 0 spiro atoms. The molecule has 1 aromatic carbocycles. The fourth-order valence-corrected chi connectivity index (χ4v) is 3.52. The van der Waals surface area contributed by atoms with Gasteiger partial charge in [0, 0.05) is 23.2 Å². The lowest BCUT2D eigenvalue weighted by atomic mass is 10.1. The third kappa shape index (κ3) is 2.34. The maximum absolute atomic E-state index is 11.1. The summed E-state index contributed by atoms with van der Waals surface area (Å²) in [4.78, 5) is 15.7. The average molecular weight is 383 g/mol.